The van der Waals surface area contributed by atoms with Crippen LogP contribution in [0.1, 0.15) is 51.8 Å². The minimum Gasteiger partial charge on any atom is -0.394 e. The molecule has 2 atom stereocenters. The zero-order chi connectivity index (χ0) is 23.4. The number of benzene rings is 1. The maximum Gasteiger partial charge on any atom is 0.254 e. The fourth-order valence-corrected chi connectivity index (χ4v) is 5.28. The van der Waals surface area contributed by atoms with E-state index in [2.05, 4.69) is 15.4 Å². The van der Waals surface area contributed by atoms with E-state index in [1.807, 2.05) is 13.8 Å². The molecule has 2 aliphatic heterocycles. The van der Waals surface area contributed by atoms with Crippen LogP contribution in [0.15, 0.2) is 18.3 Å². The molecule has 3 aromatic rings. The molecule has 8 nitrogen and oxygen atoms in total. The Labute approximate surface area is 195 Å². The molecule has 0 aliphatic carbocycles. The number of hydrogen-bond donors (Lipinski definition) is 2. The highest BCUT2D eigenvalue weighted by atomic mass is 35.5. The lowest BCUT2D eigenvalue weighted by Gasteiger charge is -2.26. The Kier molecular flexibility index (Phi) is 5.33. The Morgan fingerprint density at radius 3 is 2.91 bits per heavy atom. The van der Waals surface area contributed by atoms with E-state index in [0.717, 1.165) is 22.6 Å². The molecule has 0 saturated heterocycles. The van der Waals surface area contributed by atoms with Crippen LogP contribution >= 0.6 is 11.6 Å². The predicted octanol–water partition coefficient (Wildman–Crippen LogP) is 3.33. The molecular formula is C23H24ClFN6O2. The van der Waals surface area contributed by atoms with Crippen LogP contribution in [0.4, 0.5) is 10.2 Å². The summed E-state index contributed by atoms with van der Waals surface area (Å²) in [5.74, 6) is -0.585. The highest BCUT2D eigenvalue weighted by Gasteiger charge is 2.36. The first-order valence-electron chi connectivity index (χ1n) is 10.8. The third-order valence-corrected chi connectivity index (χ3v) is 6.98. The van der Waals surface area contributed by atoms with Crippen LogP contribution in [0.3, 0.4) is 0 Å². The lowest BCUT2D eigenvalue weighted by molar-refractivity contribution is 0.0779. The van der Waals surface area contributed by atoms with Crippen molar-refractivity contribution in [1.29, 1.82) is 0 Å². The van der Waals surface area contributed by atoms with E-state index in [4.69, 9.17) is 16.6 Å². The van der Waals surface area contributed by atoms with Crippen LogP contribution in [0.2, 0.25) is 5.02 Å². The Balaban J connectivity index is 1.79. The molecule has 2 bridgehead atoms. The van der Waals surface area contributed by atoms with E-state index in [1.165, 1.54) is 12.1 Å². The van der Waals surface area contributed by atoms with Crippen molar-refractivity contribution in [2.45, 2.75) is 38.8 Å². The van der Waals surface area contributed by atoms with Crippen molar-refractivity contribution in [3.8, 4) is 11.3 Å². The van der Waals surface area contributed by atoms with Crippen LogP contribution in [-0.2, 0) is 13.1 Å². The van der Waals surface area contributed by atoms with Gasteiger partial charge in [0.1, 0.15) is 11.6 Å². The van der Waals surface area contributed by atoms with Crippen molar-refractivity contribution in [1.82, 2.24) is 24.6 Å². The normalized spacial score (nSPS) is 19.5. The zero-order valence-corrected chi connectivity index (χ0v) is 19.3. The van der Waals surface area contributed by atoms with Gasteiger partial charge in [-0.15, -0.1) is 0 Å². The van der Waals surface area contributed by atoms with Gasteiger partial charge >= 0.3 is 0 Å². The molecule has 2 aromatic heterocycles. The van der Waals surface area contributed by atoms with E-state index in [0.29, 0.717) is 29.2 Å². The molecule has 2 N–H and O–H groups in total. The third-order valence-electron chi connectivity index (χ3n) is 6.60. The number of amides is 1. The van der Waals surface area contributed by atoms with E-state index < -0.39 is 5.82 Å². The second kappa shape index (κ2) is 8.07. The molecule has 1 aromatic carbocycles. The number of aromatic nitrogens is 4. The van der Waals surface area contributed by atoms with Crippen LogP contribution in [0.25, 0.3) is 11.3 Å². The van der Waals surface area contributed by atoms with Gasteiger partial charge in [-0.3, -0.25) is 9.48 Å². The number of halogens is 2. The fraction of sp³-hybridized carbons (Fsp3) is 0.391. The van der Waals surface area contributed by atoms with Crippen molar-refractivity contribution in [3.63, 3.8) is 0 Å². The Morgan fingerprint density at radius 1 is 1.36 bits per heavy atom. The van der Waals surface area contributed by atoms with Gasteiger partial charge in [0.2, 0.25) is 0 Å². The van der Waals surface area contributed by atoms with Gasteiger partial charge in [0.15, 0.2) is 0 Å². The summed E-state index contributed by atoms with van der Waals surface area (Å²) in [5, 5.41) is 17.4. The van der Waals surface area contributed by atoms with E-state index in [9.17, 15) is 14.3 Å². The van der Waals surface area contributed by atoms with Crippen molar-refractivity contribution >= 4 is 23.3 Å². The maximum atomic E-state index is 14.5. The molecule has 5 rings (SSSR count). The third kappa shape index (κ3) is 3.38. The summed E-state index contributed by atoms with van der Waals surface area (Å²) in [6, 6.07) is 2.73. The van der Waals surface area contributed by atoms with Gasteiger partial charge in [-0.25, -0.2) is 14.4 Å². The molecule has 0 spiro atoms. The predicted molar refractivity (Wildman–Crippen MR) is 122 cm³/mol. The van der Waals surface area contributed by atoms with Gasteiger partial charge in [-0.2, -0.15) is 5.10 Å². The fourth-order valence-electron chi connectivity index (χ4n) is 4.94. The van der Waals surface area contributed by atoms with E-state index in [1.54, 1.807) is 22.8 Å². The van der Waals surface area contributed by atoms with Gasteiger partial charge < -0.3 is 15.3 Å². The lowest BCUT2D eigenvalue weighted by Crippen LogP contribution is -2.30. The summed E-state index contributed by atoms with van der Waals surface area (Å²) in [7, 11) is 1.69. The first-order valence-corrected chi connectivity index (χ1v) is 11.2. The van der Waals surface area contributed by atoms with Crippen LogP contribution < -0.4 is 5.32 Å². The SMILES string of the molecule is Cc1nn(CCO)c2c1-c1cnc3c(n1)C(CN3)C(C)c1c(ccc(F)c1Cl)C(=O)N(C)C2. The second-order valence-electron chi connectivity index (χ2n) is 8.60. The first-order chi connectivity index (χ1) is 15.8. The number of aryl methyl sites for hydroxylation is 1. The number of fused-ring (bicyclic) bond motifs is 4. The number of rotatable bonds is 2. The average Bonchev–Trinajstić information content (AvgIpc) is 3.34. The number of aliphatic hydroxyl groups is 1. The van der Waals surface area contributed by atoms with Crippen molar-refractivity contribution in [2.24, 2.45) is 0 Å². The van der Waals surface area contributed by atoms with Crippen LogP contribution in [0, 0.1) is 12.7 Å². The first kappa shape index (κ1) is 21.8. The molecule has 172 valence electrons. The van der Waals surface area contributed by atoms with E-state index >= 15 is 0 Å². The Morgan fingerprint density at radius 2 is 2.15 bits per heavy atom. The Bertz CT molecular complexity index is 1280. The molecule has 0 fully saturated rings. The minimum atomic E-state index is -0.560. The topological polar surface area (TPSA) is 96.2 Å². The molecule has 0 saturated carbocycles. The average molecular weight is 471 g/mol. The summed E-state index contributed by atoms with van der Waals surface area (Å²) in [6.45, 7) is 4.78. The maximum absolute atomic E-state index is 14.5. The van der Waals surface area contributed by atoms with Crippen LogP contribution in [-0.4, -0.2) is 55.9 Å². The van der Waals surface area contributed by atoms with Crippen molar-refractivity contribution < 1.29 is 14.3 Å². The van der Waals surface area contributed by atoms with Gasteiger partial charge in [0.05, 0.1) is 53.7 Å². The summed E-state index contributed by atoms with van der Waals surface area (Å²) in [5.41, 5.74) is 4.53. The number of anilines is 1. The molecule has 2 aliphatic rings. The molecule has 10 heteroatoms. The van der Waals surface area contributed by atoms with Gasteiger partial charge in [-0.1, -0.05) is 18.5 Å². The Hall–Kier alpha value is -3.04. The monoisotopic (exact) mass is 470 g/mol. The number of aliphatic hydroxyl groups excluding tert-OH is 1. The summed E-state index contributed by atoms with van der Waals surface area (Å²) in [4.78, 5) is 24.7. The number of nitrogens with one attached hydrogen (secondary N) is 1. The molecule has 2 unspecified atom stereocenters. The summed E-state index contributed by atoms with van der Waals surface area (Å²) in [6.07, 6.45) is 1.70. The largest absolute Gasteiger partial charge is 0.394 e. The standard InChI is InChI=1S/C23H24ClFN6O2/c1-11-14-8-26-22-21(14)28-16(9-27-22)19-12(2)29-31(6-7-32)17(19)10-30(3)23(33)13-4-5-15(25)20(24)18(11)13/h4-5,9,11,14,32H,6-8,10H2,1-3H3,(H,26,27). The number of carbonyl (C=O) groups is 1. The number of nitrogens with zero attached hydrogens (tertiary/aromatic N) is 5. The highest BCUT2D eigenvalue weighted by Crippen LogP contribution is 2.44. The smallest absolute Gasteiger partial charge is 0.254 e. The minimum absolute atomic E-state index is 0.0433. The van der Waals surface area contributed by atoms with Gasteiger partial charge in [0.25, 0.3) is 5.91 Å². The zero-order valence-electron chi connectivity index (χ0n) is 18.6. The summed E-state index contributed by atoms with van der Waals surface area (Å²) >= 11 is 6.44. The number of hydrogen-bond acceptors (Lipinski definition) is 6. The molecular weight excluding hydrogens is 447 g/mol. The van der Waals surface area contributed by atoms with Crippen molar-refractivity contribution in [3.05, 3.63) is 57.4 Å². The van der Waals surface area contributed by atoms with Crippen LogP contribution in [0.5, 0.6) is 0 Å². The van der Waals surface area contributed by atoms with Crippen molar-refractivity contribution in [2.75, 3.05) is 25.5 Å². The van der Waals surface area contributed by atoms with Gasteiger partial charge in [0, 0.05) is 30.6 Å². The molecule has 1 amide bonds. The quantitative estimate of drug-likeness (QED) is 0.596. The summed E-state index contributed by atoms with van der Waals surface area (Å²) < 4.78 is 16.2. The number of carbonyl (C=O) groups excluding carboxylic acids is 1. The molecule has 33 heavy (non-hydrogen) atoms. The molecule has 0 radical (unpaired) electrons. The molecule has 4 heterocycles. The van der Waals surface area contributed by atoms with Gasteiger partial charge in [-0.05, 0) is 30.5 Å². The van der Waals surface area contributed by atoms with E-state index in [-0.39, 0.29) is 42.5 Å². The highest BCUT2D eigenvalue weighted by molar-refractivity contribution is 6.32. The second-order valence-corrected chi connectivity index (χ2v) is 8.98. The lowest BCUT2D eigenvalue weighted by atomic mass is 9.83.